The zero-order chi connectivity index (χ0) is 36.9. The van der Waals surface area contributed by atoms with Crippen LogP contribution in [0.15, 0.2) is 10.2 Å². The minimum atomic E-state index is -2.29. The Kier molecular flexibility index (Phi) is 15.5. The van der Waals surface area contributed by atoms with Crippen LogP contribution in [0.4, 0.5) is 0 Å². The van der Waals surface area contributed by atoms with E-state index < -0.39 is 71.7 Å². The van der Waals surface area contributed by atoms with E-state index in [4.69, 9.17) is 34.1 Å². The maximum absolute atomic E-state index is 11.3. The first-order valence-corrected chi connectivity index (χ1v) is 22.4. The van der Waals surface area contributed by atoms with Crippen LogP contribution in [-0.2, 0) is 27.9 Å². The van der Waals surface area contributed by atoms with Gasteiger partial charge in [0, 0.05) is 16.7 Å². The summed E-state index contributed by atoms with van der Waals surface area (Å²) in [5, 5.41) is 28.2. The minimum absolute atomic E-state index is 0.0415. The van der Waals surface area contributed by atoms with Crippen LogP contribution in [0.5, 0.6) is 0 Å². The summed E-state index contributed by atoms with van der Waals surface area (Å²) in [6.07, 6.45) is -5.15. The second-order valence-electron chi connectivity index (χ2n) is 15.7. The van der Waals surface area contributed by atoms with Crippen molar-refractivity contribution in [2.75, 3.05) is 0 Å². The smallest absolute Gasteiger partial charge is 0.303 e. The molecule has 0 saturated carbocycles. The highest BCUT2D eigenvalue weighted by atomic mass is 28.4. The van der Waals surface area contributed by atoms with Crippen molar-refractivity contribution in [1.29, 1.82) is 0 Å². The van der Waals surface area contributed by atoms with Crippen molar-refractivity contribution in [3.8, 4) is 0 Å². The lowest BCUT2D eigenvalue weighted by molar-refractivity contribution is -0.238. The van der Waals surface area contributed by atoms with Gasteiger partial charge in [-0.05, 0) is 78.9 Å². The van der Waals surface area contributed by atoms with Crippen LogP contribution >= 0.6 is 0 Å². The van der Waals surface area contributed by atoms with Gasteiger partial charge >= 0.3 is 5.97 Å². The van der Waals surface area contributed by atoms with E-state index in [1.54, 1.807) is 6.92 Å². The van der Waals surface area contributed by atoms with Gasteiger partial charge in [0.1, 0.15) is 12.1 Å². The van der Waals surface area contributed by atoms with Crippen LogP contribution in [0.1, 0.15) is 83.1 Å². The Morgan fingerprint density at radius 3 is 1.53 bits per heavy atom. The van der Waals surface area contributed by atoms with Crippen LogP contribution in [-0.4, -0.2) is 88.0 Å². The van der Waals surface area contributed by atoms with E-state index in [9.17, 15) is 15.0 Å². The van der Waals surface area contributed by atoms with Crippen LogP contribution in [0.3, 0.4) is 0 Å². The number of aliphatic hydroxyl groups is 2. The van der Waals surface area contributed by atoms with Gasteiger partial charge in [-0.3, -0.25) is 4.79 Å². The van der Waals surface area contributed by atoms with Crippen LogP contribution in [0, 0.1) is 17.8 Å². The minimum Gasteiger partial charge on any atom is -0.457 e. The van der Waals surface area contributed by atoms with Crippen molar-refractivity contribution < 1.29 is 38.1 Å². The summed E-state index contributed by atoms with van der Waals surface area (Å²) in [7, 11) is -4.42. The van der Waals surface area contributed by atoms with Gasteiger partial charge in [0.25, 0.3) is 0 Å². The number of hydrogen-bond acceptors (Lipinski definition) is 10. The summed E-state index contributed by atoms with van der Waals surface area (Å²) >= 11 is 0. The van der Waals surface area contributed by atoms with Crippen molar-refractivity contribution in [2.45, 2.75) is 175 Å². The molecule has 0 aromatic carbocycles. The molecule has 2 heterocycles. The molecule has 47 heavy (non-hydrogen) atoms. The number of rotatable bonds is 11. The highest BCUT2D eigenvalue weighted by Gasteiger charge is 2.52. The molecule has 272 valence electrons. The van der Waals surface area contributed by atoms with Gasteiger partial charge < -0.3 is 33.3 Å². The average Bonchev–Trinajstić information content (AvgIpc) is 2.93. The highest BCUT2D eigenvalue weighted by molar-refractivity contribution is 6.74. The molecule has 0 aliphatic carbocycles. The predicted molar refractivity (Wildman–Crippen MR) is 186 cm³/mol. The number of nitrogens with zero attached hydrogens (tertiary/aromatic N) is 6. The third-order valence-corrected chi connectivity index (χ3v) is 20.5. The number of hydrogen-bond donors (Lipinski definition) is 2. The van der Waals surface area contributed by atoms with Crippen molar-refractivity contribution in [3.63, 3.8) is 0 Å². The predicted octanol–water partition coefficient (Wildman–Crippen LogP) is 7.43. The zero-order valence-electron chi connectivity index (χ0n) is 31.5. The molecular weight excluding hydrogens is 641 g/mol. The maximum Gasteiger partial charge on any atom is 0.303 e. The number of aliphatic hydroxyl groups excluding tert-OH is 2. The number of esters is 1. The number of carbonyl (C=O) groups excluding carboxylic acids is 1. The van der Waals surface area contributed by atoms with Gasteiger partial charge in [0.2, 0.25) is 0 Å². The van der Waals surface area contributed by atoms with Gasteiger partial charge in [-0.2, -0.15) is 0 Å². The Bertz CT molecular complexity index is 1140. The molecule has 14 nitrogen and oxygen atoms in total. The maximum atomic E-state index is 11.3. The van der Waals surface area contributed by atoms with Gasteiger partial charge in [0.05, 0.1) is 24.4 Å². The first-order chi connectivity index (χ1) is 21.3. The van der Waals surface area contributed by atoms with Gasteiger partial charge in [-0.15, -0.1) is 0 Å². The molecule has 0 radical (unpaired) electrons. The summed E-state index contributed by atoms with van der Waals surface area (Å²) in [6.45, 7) is 32.6. The lowest BCUT2D eigenvalue weighted by atomic mass is 9.90. The summed E-state index contributed by atoms with van der Waals surface area (Å²) in [6, 6.07) is -1.49. The normalized spacial score (nSPS) is 32.1. The summed E-state index contributed by atoms with van der Waals surface area (Å²) in [5.74, 6) is 0.119. The van der Waals surface area contributed by atoms with Crippen molar-refractivity contribution in [1.82, 2.24) is 0 Å². The van der Waals surface area contributed by atoms with E-state index in [-0.39, 0.29) is 22.1 Å². The molecule has 16 heteroatoms. The molecular formula is C31H62N6O8Si2. The topological polar surface area (TPSA) is 201 Å². The van der Waals surface area contributed by atoms with E-state index in [0.717, 1.165) is 0 Å². The van der Waals surface area contributed by atoms with Crippen molar-refractivity contribution >= 4 is 22.6 Å². The fourth-order valence-electron chi connectivity index (χ4n) is 5.48. The van der Waals surface area contributed by atoms with Crippen molar-refractivity contribution in [3.05, 3.63) is 20.9 Å². The molecule has 2 saturated heterocycles. The third kappa shape index (κ3) is 10.2. The Morgan fingerprint density at radius 1 is 0.766 bits per heavy atom. The lowest BCUT2D eigenvalue weighted by Gasteiger charge is -2.48. The molecule has 2 rings (SSSR count). The van der Waals surface area contributed by atoms with E-state index in [2.05, 4.69) is 102 Å². The SMILES string of the molecule is CC(=O)O[C@@H]1C(C)O[C@@H](O[Si](C)(C)C(C)(C)C(C)C)C(N=[N+]=[N-])[C@H]1O.CC1O[C@@H](O[Si](C)(C)C(C)(C)C(C)C)C(N=[N+]=[N-])[C@@H](C)[C@@H]1O. The average molecular weight is 703 g/mol. The van der Waals surface area contributed by atoms with Gasteiger partial charge in [-0.1, -0.05) is 72.5 Å². The van der Waals surface area contributed by atoms with E-state index in [0.29, 0.717) is 11.8 Å². The molecule has 4 unspecified atom stereocenters. The second-order valence-corrected chi connectivity index (χ2v) is 24.8. The summed E-state index contributed by atoms with van der Waals surface area (Å²) in [5.41, 5.74) is 17.7. The van der Waals surface area contributed by atoms with Gasteiger partial charge in [-0.25, -0.2) is 0 Å². The Labute approximate surface area is 283 Å². The fourth-order valence-corrected chi connectivity index (χ4v) is 10.4. The van der Waals surface area contributed by atoms with Crippen LogP contribution < -0.4 is 0 Å². The molecule has 2 N–H and O–H groups in total. The van der Waals surface area contributed by atoms with E-state index in [1.807, 2.05) is 13.8 Å². The van der Waals surface area contributed by atoms with Crippen LogP contribution in [0.2, 0.25) is 36.3 Å². The molecule has 0 spiro atoms. The monoisotopic (exact) mass is 702 g/mol. The van der Waals surface area contributed by atoms with Crippen LogP contribution in [0.25, 0.3) is 20.9 Å². The largest absolute Gasteiger partial charge is 0.457 e. The molecule has 2 aliphatic heterocycles. The quantitative estimate of drug-likeness (QED) is 0.0727. The Hall–Kier alpha value is -1.72. The Morgan fingerprint density at radius 2 is 1.15 bits per heavy atom. The fraction of sp³-hybridized carbons (Fsp3) is 0.968. The molecule has 0 bridgehead atoms. The molecule has 0 aromatic heterocycles. The lowest BCUT2D eigenvalue weighted by Crippen LogP contribution is -2.61. The molecule has 2 fully saturated rings. The zero-order valence-corrected chi connectivity index (χ0v) is 33.5. The Balaban J connectivity index is 0.000000474. The van der Waals surface area contributed by atoms with E-state index in [1.165, 1.54) is 6.92 Å². The molecule has 0 aromatic rings. The first-order valence-electron chi connectivity index (χ1n) is 16.6. The standard InChI is InChI=1S/C16H31N3O5Si.C15H31N3O3Si/c1-9(2)16(5,6)25(7,8)24-15-12(18-19-17)13(21)14(10(3)22-15)23-11(4)20;1-9(2)15(5,6)22(7,8)21-14-12(17-18-16)10(3)13(19)11(4)20-14/h9-10,12-15,21H,1-8H3;9-14,19H,1-8H3/t10?,12?,13-,14-,15+;10-,11?,12?,13+,14+/m11/s1. The molecule has 10 atom stereocenters. The highest BCUT2D eigenvalue weighted by Crippen LogP contribution is 2.47. The number of azide groups is 2. The van der Waals surface area contributed by atoms with Crippen molar-refractivity contribution in [2.24, 2.45) is 28.0 Å². The number of carbonyl (C=O) groups is 1. The van der Waals surface area contributed by atoms with E-state index >= 15 is 0 Å². The summed E-state index contributed by atoms with van der Waals surface area (Å²) < 4.78 is 29.5. The summed E-state index contributed by atoms with van der Waals surface area (Å²) in [4.78, 5) is 17.0. The third-order valence-electron chi connectivity index (χ3n) is 11.4. The number of ether oxygens (including phenoxy) is 3. The van der Waals surface area contributed by atoms with Gasteiger partial charge in [0.15, 0.2) is 35.3 Å². The first kappa shape index (κ1) is 43.3. The second kappa shape index (κ2) is 16.8. The molecule has 2 aliphatic rings. The molecule has 0 amide bonds.